The zero-order valence-corrected chi connectivity index (χ0v) is 14.3. The number of guanidine groups is 1. The van der Waals surface area contributed by atoms with E-state index >= 15 is 0 Å². The summed E-state index contributed by atoms with van der Waals surface area (Å²) in [4.78, 5) is 10.3. The molecule has 0 aliphatic carbocycles. The van der Waals surface area contributed by atoms with Gasteiger partial charge in [0.1, 0.15) is 0 Å². The van der Waals surface area contributed by atoms with E-state index in [1.54, 1.807) is 17.5 Å². The van der Waals surface area contributed by atoms with Crippen LogP contribution in [-0.2, 0) is 13.1 Å². The summed E-state index contributed by atoms with van der Waals surface area (Å²) in [6.45, 7) is 9.45. The highest BCUT2D eigenvalue weighted by Gasteiger charge is 2.04. The van der Waals surface area contributed by atoms with Crippen LogP contribution < -0.4 is 10.6 Å². The minimum atomic E-state index is 0.672. The van der Waals surface area contributed by atoms with Gasteiger partial charge in [-0.1, -0.05) is 0 Å². The minimum absolute atomic E-state index is 0.672. The molecule has 2 aromatic heterocycles. The number of aromatic nitrogens is 3. The molecule has 0 saturated carbocycles. The first-order chi connectivity index (χ1) is 10.7. The zero-order chi connectivity index (χ0) is 15.8. The molecule has 0 radical (unpaired) electrons. The molecule has 6 nitrogen and oxygen atoms in total. The topological polar surface area (TPSA) is 67.1 Å². The quantitative estimate of drug-likeness (QED) is 0.466. The van der Waals surface area contributed by atoms with Gasteiger partial charge in [-0.2, -0.15) is 5.10 Å². The minimum Gasteiger partial charge on any atom is -0.357 e. The molecule has 0 unspecified atom stereocenters. The van der Waals surface area contributed by atoms with Gasteiger partial charge in [-0.05, 0) is 33.3 Å². The van der Waals surface area contributed by atoms with E-state index in [0.29, 0.717) is 6.54 Å². The molecule has 0 fully saturated rings. The number of nitrogens with zero attached hydrogens (tertiary/aromatic N) is 4. The second-order valence-electron chi connectivity index (χ2n) is 4.99. The predicted octanol–water partition coefficient (Wildman–Crippen LogP) is 2.10. The molecule has 0 atom stereocenters. The Balaban J connectivity index is 1.80. The molecule has 0 bridgehead atoms. The number of thiazole rings is 1. The Morgan fingerprint density at radius 2 is 2.23 bits per heavy atom. The molecule has 0 spiro atoms. The fraction of sp³-hybridized carbons (Fsp3) is 0.533. The molecule has 120 valence electrons. The molecule has 2 rings (SSSR count). The lowest BCUT2D eigenvalue weighted by atomic mass is 10.4. The van der Waals surface area contributed by atoms with E-state index in [1.807, 2.05) is 30.8 Å². The highest BCUT2D eigenvalue weighted by Crippen LogP contribution is 2.17. The van der Waals surface area contributed by atoms with Gasteiger partial charge < -0.3 is 10.6 Å². The maximum atomic E-state index is 4.63. The molecule has 2 heterocycles. The maximum Gasteiger partial charge on any atom is 0.191 e. The fourth-order valence-electron chi connectivity index (χ4n) is 2.09. The second-order valence-corrected chi connectivity index (χ2v) is 6.27. The van der Waals surface area contributed by atoms with Gasteiger partial charge in [-0.15, -0.1) is 11.3 Å². The molecule has 0 amide bonds. The van der Waals surface area contributed by atoms with Crippen LogP contribution in [0.5, 0.6) is 0 Å². The summed E-state index contributed by atoms with van der Waals surface area (Å²) in [5, 5.41) is 11.9. The molecule has 22 heavy (non-hydrogen) atoms. The molecule has 7 heteroatoms. The molecule has 2 aromatic rings. The van der Waals surface area contributed by atoms with Crippen LogP contribution in [0.15, 0.2) is 23.5 Å². The van der Waals surface area contributed by atoms with Gasteiger partial charge in [0.25, 0.3) is 0 Å². The third-order valence-electron chi connectivity index (χ3n) is 3.14. The van der Waals surface area contributed by atoms with Crippen LogP contribution in [0.25, 0.3) is 0 Å². The average Bonchev–Trinajstić information content (AvgIpc) is 3.10. The summed E-state index contributed by atoms with van der Waals surface area (Å²) >= 11 is 1.72. The Morgan fingerprint density at radius 3 is 2.86 bits per heavy atom. The van der Waals surface area contributed by atoms with Crippen LogP contribution in [-0.4, -0.2) is 33.8 Å². The summed E-state index contributed by atoms with van der Waals surface area (Å²) in [6.07, 6.45) is 4.79. The summed E-state index contributed by atoms with van der Waals surface area (Å²) in [5.41, 5.74) is 1.08. The smallest absolute Gasteiger partial charge is 0.191 e. The van der Waals surface area contributed by atoms with Crippen LogP contribution in [0.4, 0.5) is 0 Å². The number of rotatable bonds is 7. The van der Waals surface area contributed by atoms with E-state index in [9.17, 15) is 0 Å². The van der Waals surface area contributed by atoms with Crippen molar-refractivity contribution in [2.75, 3.05) is 13.1 Å². The largest absolute Gasteiger partial charge is 0.357 e. The average molecular weight is 320 g/mol. The van der Waals surface area contributed by atoms with Gasteiger partial charge in [0.15, 0.2) is 5.96 Å². The Kier molecular flexibility index (Phi) is 6.39. The van der Waals surface area contributed by atoms with Gasteiger partial charge >= 0.3 is 0 Å². The van der Waals surface area contributed by atoms with Crippen molar-refractivity contribution >= 4 is 17.3 Å². The molecular weight excluding hydrogens is 296 g/mol. The predicted molar refractivity (Wildman–Crippen MR) is 91.3 cm³/mol. The Morgan fingerprint density at radius 1 is 1.36 bits per heavy atom. The highest BCUT2D eigenvalue weighted by atomic mass is 32.1. The van der Waals surface area contributed by atoms with Gasteiger partial charge in [-0.3, -0.25) is 4.68 Å². The van der Waals surface area contributed by atoms with Crippen LogP contribution in [0.3, 0.4) is 0 Å². The van der Waals surface area contributed by atoms with Crippen molar-refractivity contribution < 1.29 is 0 Å². The molecule has 0 aliphatic heterocycles. The monoisotopic (exact) mass is 320 g/mol. The van der Waals surface area contributed by atoms with Gasteiger partial charge in [0, 0.05) is 36.9 Å². The first-order valence-electron chi connectivity index (χ1n) is 7.61. The number of hydrogen-bond acceptors (Lipinski definition) is 4. The first kappa shape index (κ1) is 16.5. The molecule has 0 saturated heterocycles. The molecule has 0 aliphatic rings. The van der Waals surface area contributed by atoms with E-state index in [-0.39, 0.29) is 0 Å². The highest BCUT2D eigenvalue weighted by molar-refractivity contribution is 7.11. The van der Waals surface area contributed by atoms with Gasteiger partial charge in [0.2, 0.25) is 0 Å². The van der Waals surface area contributed by atoms with Crippen molar-refractivity contribution in [1.29, 1.82) is 0 Å². The van der Waals surface area contributed by atoms with Crippen molar-refractivity contribution in [2.45, 2.75) is 40.3 Å². The first-order valence-corrected chi connectivity index (χ1v) is 8.43. The fourth-order valence-corrected chi connectivity index (χ4v) is 2.95. The third-order valence-corrected chi connectivity index (χ3v) is 4.20. The van der Waals surface area contributed by atoms with E-state index in [4.69, 9.17) is 0 Å². The summed E-state index contributed by atoms with van der Waals surface area (Å²) in [5.74, 6) is 0.855. The van der Waals surface area contributed by atoms with Crippen molar-refractivity contribution in [3.63, 3.8) is 0 Å². The van der Waals surface area contributed by atoms with Crippen molar-refractivity contribution in [2.24, 2.45) is 4.99 Å². The standard InChI is InChI=1S/C15H24N6S/c1-4-16-15(17-7-5-9-21-10-6-8-19-21)18-11-14-12(2)20-13(3)22-14/h6,8,10H,4-5,7,9,11H2,1-3H3,(H2,16,17,18). The Bertz CT molecular complexity index is 587. The number of aryl methyl sites for hydroxylation is 3. The summed E-state index contributed by atoms with van der Waals surface area (Å²) in [6, 6.07) is 1.94. The number of hydrogen-bond donors (Lipinski definition) is 2. The SMILES string of the molecule is CCNC(=NCc1sc(C)nc1C)NCCCn1cccn1. The van der Waals surface area contributed by atoms with E-state index in [2.05, 4.69) is 32.6 Å². The normalized spacial score (nSPS) is 11.7. The second kappa shape index (κ2) is 8.53. The van der Waals surface area contributed by atoms with E-state index < -0.39 is 0 Å². The lowest BCUT2D eigenvalue weighted by Crippen LogP contribution is -2.38. The molecular formula is C15H24N6S. The van der Waals surface area contributed by atoms with Crippen LogP contribution in [0, 0.1) is 13.8 Å². The van der Waals surface area contributed by atoms with Gasteiger partial charge in [0.05, 0.1) is 17.2 Å². The lowest BCUT2D eigenvalue weighted by Gasteiger charge is -2.11. The third kappa shape index (κ3) is 5.14. The lowest BCUT2D eigenvalue weighted by molar-refractivity contribution is 0.570. The zero-order valence-electron chi connectivity index (χ0n) is 13.5. The maximum absolute atomic E-state index is 4.63. The van der Waals surface area contributed by atoms with Crippen molar-refractivity contribution in [3.8, 4) is 0 Å². The Labute approximate surface area is 135 Å². The Hall–Kier alpha value is -1.89. The van der Waals surface area contributed by atoms with Crippen molar-refractivity contribution in [1.82, 2.24) is 25.4 Å². The number of nitrogens with one attached hydrogen (secondary N) is 2. The van der Waals surface area contributed by atoms with Crippen molar-refractivity contribution in [3.05, 3.63) is 34.0 Å². The number of aliphatic imine (C=N–C) groups is 1. The van der Waals surface area contributed by atoms with Gasteiger partial charge in [-0.25, -0.2) is 9.98 Å². The van der Waals surface area contributed by atoms with Crippen LogP contribution in [0.1, 0.15) is 28.9 Å². The van der Waals surface area contributed by atoms with Crippen LogP contribution >= 0.6 is 11.3 Å². The summed E-state index contributed by atoms with van der Waals surface area (Å²) in [7, 11) is 0. The molecule has 0 aromatic carbocycles. The summed E-state index contributed by atoms with van der Waals surface area (Å²) < 4.78 is 1.94. The van der Waals surface area contributed by atoms with Crippen LogP contribution in [0.2, 0.25) is 0 Å². The van der Waals surface area contributed by atoms with E-state index in [0.717, 1.165) is 42.7 Å². The molecule has 2 N–H and O–H groups in total. The van der Waals surface area contributed by atoms with E-state index in [1.165, 1.54) is 4.88 Å².